The molecule has 2 atom stereocenters. The highest BCUT2D eigenvalue weighted by Crippen LogP contribution is 2.22. The van der Waals surface area contributed by atoms with Crippen LogP contribution in [0.1, 0.15) is 38.4 Å². The number of nitrogens with zero attached hydrogens (tertiary/aromatic N) is 2. The summed E-state index contributed by atoms with van der Waals surface area (Å²) >= 11 is 0. The predicted molar refractivity (Wildman–Crippen MR) is 63.3 cm³/mol. The summed E-state index contributed by atoms with van der Waals surface area (Å²) < 4.78 is 7.78. The summed E-state index contributed by atoms with van der Waals surface area (Å²) in [6.07, 6.45) is 6.61. The minimum absolute atomic E-state index is 0.249. The minimum Gasteiger partial charge on any atom is -0.377 e. The third-order valence-corrected chi connectivity index (χ3v) is 3.07. The van der Waals surface area contributed by atoms with Gasteiger partial charge in [0.25, 0.3) is 0 Å². The number of imidazole rings is 1. The van der Waals surface area contributed by atoms with Crippen LogP contribution < -0.4 is 5.32 Å². The SMILES string of the molecule is CCOC(C)Cn1cncc1[C@@H]1CCCN1. The number of hydrogen-bond acceptors (Lipinski definition) is 3. The van der Waals surface area contributed by atoms with Crippen molar-refractivity contribution < 1.29 is 4.74 Å². The van der Waals surface area contributed by atoms with Crippen molar-refractivity contribution in [1.29, 1.82) is 0 Å². The van der Waals surface area contributed by atoms with Gasteiger partial charge in [0.15, 0.2) is 0 Å². The average Bonchev–Trinajstić information content (AvgIpc) is 2.86. The highest BCUT2D eigenvalue weighted by Gasteiger charge is 2.20. The fraction of sp³-hybridized carbons (Fsp3) is 0.750. The van der Waals surface area contributed by atoms with E-state index in [1.54, 1.807) is 0 Å². The summed E-state index contributed by atoms with van der Waals surface area (Å²) in [4.78, 5) is 4.25. The van der Waals surface area contributed by atoms with Crippen molar-refractivity contribution in [2.45, 2.75) is 45.4 Å². The van der Waals surface area contributed by atoms with Crippen LogP contribution in [0.15, 0.2) is 12.5 Å². The zero-order valence-corrected chi connectivity index (χ0v) is 10.1. The number of ether oxygens (including phenoxy) is 1. The van der Waals surface area contributed by atoms with Gasteiger partial charge in [-0.3, -0.25) is 0 Å². The molecule has 0 radical (unpaired) electrons. The number of hydrogen-bond donors (Lipinski definition) is 1. The van der Waals surface area contributed by atoms with Crippen LogP contribution in [0.4, 0.5) is 0 Å². The van der Waals surface area contributed by atoms with Crippen LogP contribution in [0, 0.1) is 0 Å². The number of nitrogens with one attached hydrogen (secondary N) is 1. The molecule has 0 bridgehead atoms. The van der Waals surface area contributed by atoms with Crippen molar-refractivity contribution in [2.24, 2.45) is 0 Å². The van der Waals surface area contributed by atoms with Crippen molar-refractivity contribution in [3.63, 3.8) is 0 Å². The average molecular weight is 223 g/mol. The maximum atomic E-state index is 5.56. The molecule has 1 aromatic heterocycles. The van der Waals surface area contributed by atoms with Crippen LogP contribution in [0.25, 0.3) is 0 Å². The zero-order chi connectivity index (χ0) is 11.4. The molecule has 1 aliphatic rings. The van der Waals surface area contributed by atoms with Crippen molar-refractivity contribution in [2.75, 3.05) is 13.2 Å². The molecule has 1 aliphatic heterocycles. The second-order valence-corrected chi connectivity index (χ2v) is 4.39. The second kappa shape index (κ2) is 5.46. The van der Waals surface area contributed by atoms with Crippen LogP contribution in [0.3, 0.4) is 0 Å². The Labute approximate surface area is 97.0 Å². The summed E-state index contributed by atoms with van der Waals surface area (Å²) in [5, 5.41) is 3.50. The molecule has 0 saturated carbocycles. The van der Waals surface area contributed by atoms with Gasteiger partial charge in [-0.2, -0.15) is 0 Å². The molecule has 2 heterocycles. The summed E-state index contributed by atoms with van der Waals surface area (Å²) in [7, 11) is 0. The molecule has 4 heteroatoms. The third kappa shape index (κ3) is 2.62. The first-order chi connectivity index (χ1) is 7.81. The Morgan fingerprint density at radius 3 is 3.25 bits per heavy atom. The largest absolute Gasteiger partial charge is 0.377 e. The van der Waals surface area contributed by atoms with E-state index < -0.39 is 0 Å². The summed E-state index contributed by atoms with van der Waals surface area (Å²) in [6, 6.07) is 0.483. The van der Waals surface area contributed by atoms with Crippen LogP contribution in [0.2, 0.25) is 0 Å². The van der Waals surface area contributed by atoms with Crippen molar-refractivity contribution in [1.82, 2.24) is 14.9 Å². The van der Waals surface area contributed by atoms with Gasteiger partial charge < -0.3 is 14.6 Å². The van der Waals surface area contributed by atoms with Crippen LogP contribution in [-0.4, -0.2) is 28.8 Å². The zero-order valence-electron chi connectivity index (χ0n) is 10.1. The van der Waals surface area contributed by atoms with E-state index in [9.17, 15) is 0 Å². The Balaban J connectivity index is 2.00. The van der Waals surface area contributed by atoms with Gasteiger partial charge in [-0.15, -0.1) is 0 Å². The molecule has 90 valence electrons. The molecule has 0 amide bonds. The van der Waals surface area contributed by atoms with Crippen LogP contribution in [-0.2, 0) is 11.3 Å². The fourth-order valence-corrected chi connectivity index (χ4v) is 2.32. The minimum atomic E-state index is 0.249. The lowest BCUT2D eigenvalue weighted by Gasteiger charge is -2.17. The quantitative estimate of drug-likeness (QED) is 0.826. The van der Waals surface area contributed by atoms with Gasteiger partial charge in [0, 0.05) is 25.4 Å². The normalized spacial score (nSPS) is 22.5. The highest BCUT2D eigenvalue weighted by atomic mass is 16.5. The monoisotopic (exact) mass is 223 g/mol. The lowest BCUT2D eigenvalue weighted by Crippen LogP contribution is -2.21. The third-order valence-electron chi connectivity index (χ3n) is 3.07. The molecule has 4 nitrogen and oxygen atoms in total. The Hall–Kier alpha value is -0.870. The number of aromatic nitrogens is 2. The van der Waals surface area contributed by atoms with Crippen LogP contribution >= 0.6 is 0 Å². The first-order valence-corrected chi connectivity index (χ1v) is 6.16. The molecule has 0 spiro atoms. The van der Waals surface area contributed by atoms with E-state index in [0.29, 0.717) is 6.04 Å². The van der Waals surface area contributed by atoms with Crippen molar-refractivity contribution in [3.8, 4) is 0 Å². The van der Waals surface area contributed by atoms with Gasteiger partial charge >= 0.3 is 0 Å². The first kappa shape index (κ1) is 11.6. The predicted octanol–water partition coefficient (Wildman–Crippen LogP) is 1.73. The van der Waals surface area contributed by atoms with Gasteiger partial charge in [-0.05, 0) is 33.2 Å². The highest BCUT2D eigenvalue weighted by molar-refractivity contribution is 5.07. The van der Waals surface area contributed by atoms with Gasteiger partial charge in [0.1, 0.15) is 0 Å². The summed E-state index contributed by atoms with van der Waals surface area (Å²) in [5.41, 5.74) is 1.30. The van der Waals surface area contributed by atoms with E-state index in [1.807, 2.05) is 19.4 Å². The molecular weight excluding hydrogens is 202 g/mol. The standard InChI is InChI=1S/C12H21N3O/c1-3-16-10(2)8-15-9-13-7-12(15)11-5-4-6-14-11/h7,9-11,14H,3-6,8H2,1-2H3/t10?,11-/m0/s1. The molecule has 1 unspecified atom stereocenters. The molecular formula is C12H21N3O. The second-order valence-electron chi connectivity index (χ2n) is 4.39. The maximum Gasteiger partial charge on any atom is 0.0949 e. The Kier molecular flexibility index (Phi) is 3.96. The van der Waals surface area contributed by atoms with E-state index in [-0.39, 0.29) is 6.10 Å². The van der Waals surface area contributed by atoms with E-state index in [1.165, 1.54) is 18.5 Å². The topological polar surface area (TPSA) is 39.1 Å². The Bertz CT molecular complexity index is 318. The van der Waals surface area contributed by atoms with E-state index in [0.717, 1.165) is 19.7 Å². The fourth-order valence-electron chi connectivity index (χ4n) is 2.32. The van der Waals surface area contributed by atoms with Gasteiger partial charge in [0.2, 0.25) is 0 Å². The maximum absolute atomic E-state index is 5.56. The lowest BCUT2D eigenvalue weighted by atomic mass is 10.2. The van der Waals surface area contributed by atoms with Gasteiger partial charge in [0.05, 0.1) is 18.1 Å². The van der Waals surface area contributed by atoms with E-state index >= 15 is 0 Å². The molecule has 2 rings (SSSR count). The lowest BCUT2D eigenvalue weighted by molar-refractivity contribution is 0.0632. The van der Waals surface area contributed by atoms with Crippen molar-refractivity contribution in [3.05, 3.63) is 18.2 Å². The smallest absolute Gasteiger partial charge is 0.0949 e. The first-order valence-electron chi connectivity index (χ1n) is 6.16. The molecule has 16 heavy (non-hydrogen) atoms. The van der Waals surface area contributed by atoms with E-state index in [4.69, 9.17) is 4.74 Å². The molecule has 1 saturated heterocycles. The Morgan fingerprint density at radius 2 is 2.56 bits per heavy atom. The van der Waals surface area contributed by atoms with Crippen LogP contribution in [0.5, 0.6) is 0 Å². The molecule has 1 fully saturated rings. The summed E-state index contributed by atoms with van der Waals surface area (Å²) in [6.45, 7) is 6.92. The Morgan fingerprint density at radius 1 is 1.69 bits per heavy atom. The van der Waals surface area contributed by atoms with Gasteiger partial charge in [-0.25, -0.2) is 4.98 Å². The molecule has 0 aliphatic carbocycles. The molecule has 0 aromatic carbocycles. The van der Waals surface area contributed by atoms with Crippen molar-refractivity contribution >= 4 is 0 Å². The van der Waals surface area contributed by atoms with E-state index in [2.05, 4.69) is 21.8 Å². The molecule has 1 N–H and O–H groups in total. The van der Waals surface area contributed by atoms with Gasteiger partial charge in [-0.1, -0.05) is 0 Å². The number of rotatable bonds is 5. The summed E-state index contributed by atoms with van der Waals surface area (Å²) in [5.74, 6) is 0. The molecule has 1 aromatic rings.